The molecule has 0 aromatic rings. The molecule has 0 aliphatic heterocycles. The maximum atomic E-state index is 11.8. The number of rotatable bonds is 7. The van der Waals surface area contributed by atoms with E-state index in [0.717, 1.165) is 0 Å². The molecule has 0 aromatic heterocycles. The summed E-state index contributed by atoms with van der Waals surface area (Å²) in [6, 6.07) is -0.477. The van der Waals surface area contributed by atoms with Crippen LogP contribution in [0.5, 0.6) is 0 Å². The van der Waals surface area contributed by atoms with Crippen molar-refractivity contribution < 1.29 is 19.1 Å². The Morgan fingerprint density at radius 2 is 1.67 bits per heavy atom. The third kappa shape index (κ3) is 8.06. The summed E-state index contributed by atoms with van der Waals surface area (Å²) < 4.78 is 9.83. The minimum absolute atomic E-state index is 0.209. The molecule has 5 heteroatoms. The molecule has 106 valence electrons. The van der Waals surface area contributed by atoms with Crippen molar-refractivity contribution in [3.8, 4) is 0 Å². The van der Waals surface area contributed by atoms with Gasteiger partial charge in [0, 0.05) is 12.0 Å². The Balaban J connectivity index is 4.38. The summed E-state index contributed by atoms with van der Waals surface area (Å²) in [5.41, 5.74) is -0.216. The molecule has 0 aliphatic carbocycles. The summed E-state index contributed by atoms with van der Waals surface area (Å²) >= 11 is 0. The van der Waals surface area contributed by atoms with Gasteiger partial charge in [0.2, 0.25) is 0 Å². The second-order valence-electron chi connectivity index (χ2n) is 5.04. The highest BCUT2D eigenvalue weighted by Crippen LogP contribution is 2.08. The van der Waals surface area contributed by atoms with Gasteiger partial charge in [0.25, 0.3) is 0 Å². The fourth-order valence-corrected chi connectivity index (χ4v) is 1.51. The predicted octanol–water partition coefficient (Wildman–Crippen LogP) is 1.65. The molecule has 0 rings (SSSR count). The van der Waals surface area contributed by atoms with Crippen molar-refractivity contribution in [3.63, 3.8) is 0 Å². The molecule has 0 radical (unpaired) electrons. The average molecular weight is 259 g/mol. The van der Waals surface area contributed by atoms with E-state index < -0.39 is 6.04 Å². The predicted molar refractivity (Wildman–Crippen MR) is 69.2 cm³/mol. The van der Waals surface area contributed by atoms with Crippen molar-refractivity contribution >= 4 is 11.9 Å². The lowest BCUT2D eigenvalue weighted by atomic mass is 10.0. The average Bonchev–Trinajstić information content (AvgIpc) is 2.23. The van der Waals surface area contributed by atoms with Crippen molar-refractivity contribution in [3.05, 3.63) is 0 Å². The second kappa shape index (κ2) is 8.08. The van der Waals surface area contributed by atoms with Crippen LogP contribution in [-0.4, -0.2) is 36.7 Å². The van der Waals surface area contributed by atoms with Gasteiger partial charge in [-0.3, -0.25) is 14.9 Å². The van der Waals surface area contributed by atoms with Crippen LogP contribution in [0.3, 0.4) is 0 Å². The van der Waals surface area contributed by atoms with Gasteiger partial charge in [0.1, 0.15) is 6.04 Å². The lowest BCUT2D eigenvalue weighted by Crippen LogP contribution is -2.48. The van der Waals surface area contributed by atoms with Gasteiger partial charge in [-0.15, -0.1) is 0 Å². The maximum absolute atomic E-state index is 11.8. The molecular weight excluding hydrogens is 234 g/mol. The maximum Gasteiger partial charge on any atom is 0.323 e. The summed E-state index contributed by atoms with van der Waals surface area (Å²) in [6.45, 7) is 10.1. The summed E-state index contributed by atoms with van der Waals surface area (Å²) in [7, 11) is 0. The number of nitrogens with one attached hydrogen (secondary N) is 1. The lowest BCUT2D eigenvalue weighted by Gasteiger charge is -2.27. The van der Waals surface area contributed by atoms with Crippen molar-refractivity contribution in [2.75, 3.05) is 13.2 Å². The molecule has 0 bridgehead atoms. The number of ether oxygens (including phenoxy) is 2. The number of hydrogen-bond donors (Lipinski definition) is 1. The zero-order chi connectivity index (χ0) is 14.2. The number of carbonyl (C=O) groups is 2. The van der Waals surface area contributed by atoms with Crippen LogP contribution in [0.15, 0.2) is 0 Å². The van der Waals surface area contributed by atoms with Gasteiger partial charge in [-0.2, -0.15) is 0 Å². The molecule has 1 N–H and O–H groups in total. The molecular formula is C13H25NO4. The highest BCUT2D eigenvalue weighted by atomic mass is 16.5. The van der Waals surface area contributed by atoms with Crippen LogP contribution in [0.2, 0.25) is 0 Å². The standard InChI is InChI=1S/C13H25NO4/c1-6-17-11(15)9-8-10(12(16)18-7-2)14-13(3,4)5/h10,14H,6-9H2,1-5H3/t10-/m0/s1. The summed E-state index contributed by atoms with van der Waals surface area (Å²) in [5, 5.41) is 3.16. The fraction of sp³-hybridized carbons (Fsp3) is 0.846. The first-order valence-electron chi connectivity index (χ1n) is 6.40. The van der Waals surface area contributed by atoms with E-state index in [1.807, 2.05) is 20.8 Å². The van der Waals surface area contributed by atoms with Crippen molar-refractivity contribution in [1.82, 2.24) is 5.32 Å². The number of hydrogen-bond acceptors (Lipinski definition) is 5. The van der Waals surface area contributed by atoms with Gasteiger partial charge in [0.05, 0.1) is 13.2 Å². The van der Waals surface area contributed by atoms with Gasteiger partial charge in [-0.25, -0.2) is 0 Å². The molecule has 0 fully saturated rings. The van der Waals surface area contributed by atoms with Crippen LogP contribution >= 0.6 is 0 Å². The van der Waals surface area contributed by atoms with Gasteiger partial charge in [0.15, 0.2) is 0 Å². The Labute approximate surface area is 109 Å². The Kier molecular flexibility index (Phi) is 7.59. The third-order valence-electron chi connectivity index (χ3n) is 2.12. The zero-order valence-electron chi connectivity index (χ0n) is 12.0. The van der Waals surface area contributed by atoms with E-state index in [2.05, 4.69) is 5.32 Å². The number of esters is 2. The van der Waals surface area contributed by atoms with E-state index in [4.69, 9.17) is 9.47 Å². The van der Waals surface area contributed by atoms with Crippen LogP contribution in [-0.2, 0) is 19.1 Å². The minimum atomic E-state index is -0.477. The van der Waals surface area contributed by atoms with Crippen molar-refractivity contribution in [2.45, 2.75) is 59.0 Å². The fourth-order valence-electron chi connectivity index (χ4n) is 1.51. The smallest absolute Gasteiger partial charge is 0.323 e. The molecule has 0 unspecified atom stereocenters. The second-order valence-corrected chi connectivity index (χ2v) is 5.04. The molecule has 0 amide bonds. The molecule has 0 saturated carbocycles. The topological polar surface area (TPSA) is 64.6 Å². The minimum Gasteiger partial charge on any atom is -0.466 e. The van der Waals surface area contributed by atoms with Crippen molar-refractivity contribution in [2.24, 2.45) is 0 Å². The Morgan fingerprint density at radius 3 is 2.11 bits per heavy atom. The molecule has 18 heavy (non-hydrogen) atoms. The van der Waals surface area contributed by atoms with Crippen LogP contribution in [0.25, 0.3) is 0 Å². The zero-order valence-corrected chi connectivity index (χ0v) is 12.0. The highest BCUT2D eigenvalue weighted by Gasteiger charge is 2.25. The van der Waals surface area contributed by atoms with E-state index >= 15 is 0 Å². The van der Waals surface area contributed by atoms with E-state index in [1.165, 1.54) is 0 Å². The first kappa shape index (κ1) is 16.9. The third-order valence-corrected chi connectivity index (χ3v) is 2.12. The molecule has 0 spiro atoms. The van der Waals surface area contributed by atoms with Crippen LogP contribution < -0.4 is 5.32 Å². The van der Waals surface area contributed by atoms with Crippen LogP contribution in [0, 0.1) is 0 Å². The van der Waals surface area contributed by atoms with E-state index in [9.17, 15) is 9.59 Å². The SMILES string of the molecule is CCOC(=O)CC[C@H](NC(C)(C)C)C(=O)OCC. The normalized spacial score (nSPS) is 12.9. The Bertz CT molecular complexity index is 271. The first-order valence-corrected chi connectivity index (χ1v) is 6.40. The summed E-state index contributed by atoms with van der Waals surface area (Å²) in [4.78, 5) is 23.0. The molecule has 5 nitrogen and oxygen atoms in total. The largest absolute Gasteiger partial charge is 0.466 e. The van der Waals surface area contributed by atoms with Crippen LogP contribution in [0.4, 0.5) is 0 Å². The monoisotopic (exact) mass is 259 g/mol. The highest BCUT2D eigenvalue weighted by molar-refractivity contribution is 5.77. The van der Waals surface area contributed by atoms with Crippen LogP contribution in [0.1, 0.15) is 47.5 Å². The van der Waals surface area contributed by atoms with E-state index in [0.29, 0.717) is 19.6 Å². The molecule has 0 saturated heterocycles. The lowest BCUT2D eigenvalue weighted by molar-refractivity contribution is -0.147. The van der Waals surface area contributed by atoms with E-state index in [1.54, 1.807) is 13.8 Å². The molecule has 1 atom stereocenters. The molecule has 0 aliphatic rings. The van der Waals surface area contributed by atoms with Crippen molar-refractivity contribution in [1.29, 1.82) is 0 Å². The first-order chi connectivity index (χ1) is 8.30. The van der Waals surface area contributed by atoms with Gasteiger partial charge in [-0.1, -0.05) is 0 Å². The Morgan fingerprint density at radius 1 is 1.11 bits per heavy atom. The van der Waals surface area contributed by atoms with Gasteiger partial charge >= 0.3 is 11.9 Å². The Hall–Kier alpha value is -1.10. The molecule has 0 heterocycles. The summed E-state index contributed by atoms with van der Waals surface area (Å²) in [6.07, 6.45) is 0.593. The molecule has 0 aromatic carbocycles. The quantitative estimate of drug-likeness (QED) is 0.704. The van der Waals surface area contributed by atoms with Gasteiger partial charge in [-0.05, 0) is 41.0 Å². The number of carbonyl (C=O) groups excluding carboxylic acids is 2. The summed E-state index contributed by atoms with van der Waals surface area (Å²) in [5.74, 6) is -0.612. The van der Waals surface area contributed by atoms with E-state index in [-0.39, 0.29) is 23.9 Å². The van der Waals surface area contributed by atoms with Gasteiger partial charge < -0.3 is 9.47 Å².